The number of aliphatic hydroxyl groups is 4. The first-order valence-corrected chi connectivity index (χ1v) is 15.8. The van der Waals surface area contributed by atoms with Crippen molar-refractivity contribution in [2.45, 2.75) is 56.0 Å². The minimum absolute atomic E-state index is 0.0547. The normalized spacial score (nSPS) is 31.6. The van der Waals surface area contributed by atoms with Gasteiger partial charge in [-0.15, -0.1) is 0 Å². The van der Waals surface area contributed by atoms with Crippen molar-refractivity contribution in [3.63, 3.8) is 0 Å². The third-order valence-electron chi connectivity index (χ3n) is 6.87. The Bertz CT molecular complexity index is 1630. The van der Waals surface area contributed by atoms with Crippen LogP contribution in [0, 0.1) is 0 Å². The van der Waals surface area contributed by atoms with Crippen LogP contribution in [0.25, 0.3) is 11.2 Å². The quantitative estimate of drug-likeness (QED) is 0.0669. The van der Waals surface area contributed by atoms with Crippen molar-refractivity contribution in [2.24, 2.45) is 0 Å². The molecule has 0 saturated carbocycles. The Morgan fingerprint density at radius 2 is 1.64 bits per heavy atom. The number of fused-ring (bicyclic) bond motifs is 1. The molecule has 2 unspecified atom stereocenters. The number of imidazole rings is 1. The highest BCUT2D eigenvalue weighted by atomic mass is 31.3. The van der Waals surface area contributed by atoms with Crippen molar-refractivity contribution >= 4 is 38.4 Å². The summed E-state index contributed by atoms with van der Waals surface area (Å²) in [5.74, 6) is -0.210. The summed E-state index contributed by atoms with van der Waals surface area (Å²) in [5, 5.41) is 41.7. The molecule has 8 N–H and O–H groups in total. The monoisotopic (exact) mass is 663 g/mol. The van der Waals surface area contributed by atoms with Crippen molar-refractivity contribution in [3.8, 4) is 0 Å². The van der Waals surface area contributed by atoms with E-state index in [2.05, 4.69) is 19.3 Å². The number of carbonyl (C=O) groups is 1. The maximum Gasteiger partial charge on any atom is 0.481 e. The molecule has 0 bridgehead atoms. The fourth-order valence-corrected chi connectivity index (χ4v) is 6.73. The van der Waals surface area contributed by atoms with E-state index in [1.807, 2.05) is 0 Å². The molecule has 5 heterocycles. The van der Waals surface area contributed by atoms with E-state index in [0.29, 0.717) is 5.56 Å². The van der Waals surface area contributed by atoms with Gasteiger partial charge in [-0.1, -0.05) is 0 Å². The Balaban J connectivity index is 1.16. The van der Waals surface area contributed by atoms with Gasteiger partial charge in [0.15, 0.2) is 42.0 Å². The molecule has 20 nitrogen and oxygen atoms in total. The summed E-state index contributed by atoms with van der Waals surface area (Å²) in [7, 11) is -10.7. The maximum absolute atomic E-state index is 12.4. The standard InChI is InChI=1S/C22H28N6O14P2/c1-10(29)11-3-2-4-27(5-11)21-17(32)15(30)12(40-21)6-38-43(34,35)42-44(36,37)39-7-13-16(31)18(33)22(41-13)28-9-26-14-19(23)24-8-25-20(14)28/h2-5,8-9,12-13,15-18,21-22,30-33H,6-7H2,1H3,(H3-,23,24,25,34,35,36,37)/p+1/t12-,13+,15+,16-,17-,18-,21+,22+/m0/s1. The number of phosphoric acid groups is 2. The number of aliphatic hydroxyl groups excluding tert-OH is 4. The number of ether oxygens (including phenoxy) is 2. The fraction of sp³-hybridized carbons (Fsp3) is 0.500. The number of anilines is 1. The molecule has 2 aliphatic heterocycles. The molecule has 2 saturated heterocycles. The molecule has 10 atom stereocenters. The zero-order valence-electron chi connectivity index (χ0n) is 22.7. The van der Waals surface area contributed by atoms with Gasteiger partial charge in [0.05, 0.1) is 25.1 Å². The average molecular weight is 663 g/mol. The lowest BCUT2D eigenvalue weighted by Crippen LogP contribution is -2.46. The van der Waals surface area contributed by atoms with E-state index in [4.69, 9.17) is 24.3 Å². The number of nitrogens with zero attached hydrogens (tertiary/aromatic N) is 5. The van der Waals surface area contributed by atoms with Gasteiger partial charge < -0.3 is 45.4 Å². The SMILES string of the molecule is CC(=O)c1ccc[n+]([C@@H]2O[C@@H](COP(=O)(O)OP(=O)(O)OC[C@H]3O[C@@H](n4cnc5c(N)ncnc54)[C@@H](O)[C@H]3O)[C@@H](O)[C@@H]2O)c1. The molecule has 2 aliphatic rings. The molecule has 0 aromatic carbocycles. The molecule has 2 fully saturated rings. The first kappa shape index (κ1) is 32.6. The summed E-state index contributed by atoms with van der Waals surface area (Å²) in [6.07, 6.45) is -6.47. The summed E-state index contributed by atoms with van der Waals surface area (Å²) in [6.45, 7) is -0.430. The first-order chi connectivity index (χ1) is 20.7. The van der Waals surface area contributed by atoms with E-state index in [-0.39, 0.29) is 22.8 Å². The van der Waals surface area contributed by atoms with Crippen LogP contribution in [0.3, 0.4) is 0 Å². The Morgan fingerprint density at radius 1 is 1.00 bits per heavy atom. The molecule has 240 valence electrons. The van der Waals surface area contributed by atoms with E-state index in [1.165, 1.54) is 46.9 Å². The van der Waals surface area contributed by atoms with Crippen molar-refractivity contribution in [3.05, 3.63) is 42.7 Å². The topological polar surface area (TPSA) is 292 Å². The van der Waals surface area contributed by atoms with Gasteiger partial charge >= 0.3 is 15.6 Å². The Labute approximate surface area is 247 Å². The summed E-state index contributed by atoms with van der Waals surface area (Å²) in [5.41, 5.74) is 6.41. The molecule has 44 heavy (non-hydrogen) atoms. The maximum atomic E-state index is 12.4. The average Bonchev–Trinajstić information content (AvgIpc) is 3.61. The lowest BCUT2D eigenvalue weighted by atomic mass is 10.1. The molecule has 22 heteroatoms. The molecular formula is C22H29N6O14P2+. The predicted molar refractivity (Wildman–Crippen MR) is 141 cm³/mol. The van der Waals surface area contributed by atoms with Gasteiger partial charge in [0.2, 0.25) is 0 Å². The number of nitrogens with two attached hydrogens (primary N) is 1. The molecular weight excluding hydrogens is 634 g/mol. The van der Waals surface area contributed by atoms with E-state index in [0.717, 1.165) is 6.33 Å². The Kier molecular flexibility index (Phi) is 9.28. The predicted octanol–water partition coefficient (Wildman–Crippen LogP) is -1.91. The first-order valence-electron chi connectivity index (χ1n) is 12.8. The summed E-state index contributed by atoms with van der Waals surface area (Å²) in [6, 6.07) is 3.04. The minimum atomic E-state index is -5.36. The van der Waals surface area contributed by atoms with Crippen LogP contribution in [0.1, 0.15) is 29.7 Å². The minimum Gasteiger partial charge on any atom is -0.387 e. The lowest BCUT2D eigenvalue weighted by molar-refractivity contribution is -0.765. The highest BCUT2D eigenvalue weighted by molar-refractivity contribution is 7.61. The molecule has 0 spiro atoms. The van der Waals surface area contributed by atoms with Gasteiger partial charge in [-0.05, 0) is 13.0 Å². The van der Waals surface area contributed by atoms with Crippen LogP contribution in [0.15, 0.2) is 37.2 Å². The number of aromatic nitrogens is 5. The zero-order chi connectivity index (χ0) is 32.0. The van der Waals surface area contributed by atoms with Gasteiger partial charge in [-0.25, -0.2) is 24.1 Å². The summed E-state index contributed by atoms with van der Waals surface area (Å²) in [4.78, 5) is 43.6. The van der Waals surface area contributed by atoms with Crippen molar-refractivity contribution in [2.75, 3.05) is 18.9 Å². The van der Waals surface area contributed by atoms with Crippen LogP contribution in [-0.2, 0) is 32.0 Å². The van der Waals surface area contributed by atoms with Gasteiger partial charge in [0, 0.05) is 6.07 Å². The fourth-order valence-electron chi connectivity index (χ4n) is 4.64. The van der Waals surface area contributed by atoms with Gasteiger partial charge in [0.25, 0.3) is 6.23 Å². The number of ketones is 1. The zero-order valence-corrected chi connectivity index (χ0v) is 24.4. The number of pyridine rings is 1. The smallest absolute Gasteiger partial charge is 0.387 e. The number of rotatable bonds is 11. The van der Waals surface area contributed by atoms with Crippen LogP contribution in [0.4, 0.5) is 5.82 Å². The van der Waals surface area contributed by atoms with Crippen LogP contribution in [0.2, 0.25) is 0 Å². The van der Waals surface area contributed by atoms with Crippen LogP contribution >= 0.6 is 15.6 Å². The van der Waals surface area contributed by atoms with Gasteiger partial charge in [-0.3, -0.25) is 18.4 Å². The molecule has 0 aliphatic carbocycles. The highest BCUT2D eigenvalue weighted by Gasteiger charge is 2.50. The summed E-state index contributed by atoms with van der Waals surface area (Å²) < 4.78 is 52.2. The number of carbonyl (C=O) groups excluding carboxylic acids is 1. The van der Waals surface area contributed by atoms with Crippen molar-refractivity contribution in [1.29, 1.82) is 0 Å². The molecule has 3 aromatic rings. The molecule has 3 aromatic heterocycles. The second-order valence-corrected chi connectivity index (χ2v) is 12.9. The van der Waals surface area contributed by atoms with E-state index in [9.17, 15) is 44.1 Å². The third-order valence-corrected chi connectivity index (χ3v) is 9.47. The third kappa shape index (κ3) is 6.73. The molecule has 0 radical (unpaired) electrons. The number of phosphoric ester groups is 2. The summed E-state index contributed by atoms with van der Waals surface area (Å²) >= 11 is 0. The van der Waals surface area contributed by atoms with Crippen LogP contribution < -0.4 is 10.3 Å². The Morgan fingerprint density at radius 3 is 2.30 bits per heavy atom. The number of nitrogen functional groups attached to an aromatic ring is 1. The highest BCUT2D eigenvalue weighted by Crippen LogP contribution is 2.60. The van der Waals surface area contributed by atoms with Crippen LogP contribution in [-0.4, -0.2) is 105 Å². The van der Waals surface area contributed by atoms with Gasteiger partial charge in [0.1, 0.15) is 42.4 Å². The van der Waals surface area contributed by atoms with Gasteiger partial charge in [-0.2, -0.15) is 8.88 Å². The van der Waals surface area contributed by atoms with Crippen molar-refractivity contribution < 1.29 is 71.5 Å². The van der Waals surface area contributed by atoms with E-state index in [1.54, 1.807) is 0 Å². The Hall–Kier alpha value is -2.81. The second kappa shape index (κ2) is 12.5. The molecule has 0 amide bonds. The second-order valence-electron chi connectivity index (χ2n) is 9.88. The number of Topliss-reactive ketones (excluding diaryl/α,β-unsaturated/α-hetero) is 1. The number of hydrogen-bond acceptors (Lipinski definition) is 16. The number of hydrogen-bond donors (Lipinski definition) is 7. The lowest BCUT2D eigenvalue weighted by Gasteiger charge is -2.20. The van der Waals surface area contributed by atoms with Crippen molar-refractivity contribution in [1.82, 2.24) is 19.5 Å². The van der Waals surface area contributed by atoms with E-state index < -0.39 is 77.9 Å². The van der Waals surface area contributed by atoms with Crippen LogP contribution in [0.5, 0.6) is 0 Å². The van der Waals surface area contributed by atoms with E-state index >= 15 is 0 Å². The largest absolute Gasteiger partial charge is 0.481 e. The molecule has 5 rings (SSSR count).